The molecule has 0 spiro atoms. The maximum atomic E-state index is 13.8. The Morgan fingerprint density at radius 3 is 2.68 bits per heavy atom. The van der Waals surface area contributed by atoms with Crippen LogP contribution < -0.4 is 5.32 Å². The molecule has 0 bridgehead atoms. The quantitative estimate of drug-likeness (QED) is 0.361. The van der Waals surface area contributed by atoms with Gasteiger partial charge in [0.2, 0.25) is 0 Å². The number of halogens is 1. The SMILES string of the molecule is CC(NC(=O)c1cc(-c2ccccc2)nc2c1cnn2Cc1cccc(F)c1)c1nnc2ccccn12. The van der Waals surface area contributed by atoms with Gasteiger partial charge >= 0.3 is 0 Å². The van der Waals surface area contributed by atoms with Gasteiger partial charge in [0.15, 0.2) is 17.1 Å². The van der Waals surface area contributed by atoms with E-state index < -0.39 is 6.04 Å². The number of aromatic nitrogens is 6. The molecule has 0 aliphatic carbocycles. The predicted octanol–water partition coefficient (Wildman–Crippen LogP) is 4.82. The first kappa shape index (κ1) is 22.5. The number of carbonyl (C=O) groups is 1. The van der Waals surface area contributed by atoms with Gasteiger partial charge in [-0.15, -0.1) is 10.2 Å². The van der Waals surface area contributed by atoms with E-state index >= 15 is 0 Å². The number of benzene rings is 2. The van der Waals surface area contributed by atoms with E-state index in [0.717, 1.165) is 11.1 Å². The van der Waals surface area contributed by atoms with Gasteiger partial charge < -0.3 is 5.32 Å². The fraction of sp³-hybridized carbons (Fsp3) is 0.107. The molecular weight excluding hydrogens is 469 g/mol. The lowest BCUT2D eigenvalue weighted by molar-refractivity contribution is 0.0939. The van der Waals surface area contributed by atoms with Gasteiger partial charge in [0, 0.05) is 11.8 Å². The number of amides is 1. The number of nitrogens with zero attached hydrogens (tertiary/aromatic N) is 6. The first-order valence-electron chi connectivity index (χ1n) is 11.8. The predicted molar refractivity (Wildman–Crippen MR) is 137 cm³/mol. The van der Waals surface area contributed by atoms with Gasteiger partial charge in [-0.25, -0.2) is 14.1 Å². The number of carbonyl (C=O) groups excluding carboxylic acids is 1. The van der Waals surface area contributed by atoms with E-state index in [2.05, 4.69) is 20.6 Å². The first-order chi connectivity index (χ1) is 18.1. The lowest BCUT2D eigenvalue weighted by atomic mass is 10.1. The van der Waals surface area contributed by atoms with Crippen molar-refractivity contribution >= 4 is 22.6 Å². The molecule has 0 radical (unpaired) electrons. The minimum absolute atomic E-state index is 0.282. The highest BCUT2D eigenvalue weighted by Gasteiger charge is 2.21. The van der Waals surface area contributed by atoms with Crippen LogP contribution in [0.3, 0.4) is 0 Å². The highest BCUT2D eigenvalue weighted by atomic mass is 19.1. The van der Waals surface area contributed by atoms with Gasteiger partial charge in [0.25, 0.3) is 5.91 Å². The van der Waals surface area contributed by atoms with Crippen molar-refractivity contribution < 1.29 is 9.18 Å². The van der Waals surface area contributed by atoms with E-state index in [4.69, 9.17) is 4.98 Å². The summed E-state index contributed by atoms with van der Waals surface area (Å²) in [4.78, 5) is 18.5. The summed E-state index contributed by atoms with van der Waals surface area (Å²) in [5.41, 5.74) is 3.93. The second kappa shape index (κ2) is 9.27. The summed E-state index contributed by atoms with van der Waals surface area (Å²) in [6.07, 6.45) is 3.49. The molecule has 8 nitrogen and oxygen atoms in total. The molecule has 1 atom stereocenters. The van der Waals surface area contributed by atoms with Crippen LogP contribution in [0, 0.1) is 5.82 Å². The molecule has 0 saturated carbocycles. The molecule has 6 rings (SSSR count). The van der Waals surface area contributed by atoms with Crippen LogP contribution in [-0.2, 0) is 6.54 Å². The van der Waals surface area contributed by atoms with Gasteiger partial charge in [-0.2, -0.15) is 5.10 Å². The monoisotopic (exact) mass is 491 g/mol. The van der Waals surface area contributed by atoms with Crippen LogP contribution in [0.2, 0.25) is 0 Å². The summed E-state index contributed by atoms with van der Waals surface area (Å²) in [6, 6.07) is 23.0. The van der Waals surface area contributed by atoms with Crippen molar-refractivity contribution in [1.29, 1.82) is 0 Å². The minimum Gasteiger partial charge on any atom is -0.342 e. The number of fused-ring (bicyclic) bond motifs is 2. The largest absolute Gasteiger partial charge is 0.342 e. The molecule has 1 amide bonds. The summed E-state index contributed by atoms with van der Waals surface area (Å²) in [5, 5.41) is 16.6. The Morgan fingerprint density at radius 2 is 1.84 bits per heavy atom. The second-order valence-electron chi connectivity index (χ2n) is 8.77. The van der Waals surface area contributed by atoms with Crippen molar-refractivity contribution in [2.45, 2.75) is 19.5 Å². The van der Waals surface area contributed by atoms with Crippen LogP contribution in [-0.4, -0.2) is 35.3 Å². The molecule has 9 heteroatoms. The van der Waals surface area contributed by atoms with Gasteiger partial charge in [0.05, 0.1) is 35.4 Å². The van der Waals surface area contributed by atoms with Crippen molar-refractivity contribution in [1.82, 2.24) is 34.7 Å². The van der Waals surface area contributed by atoms with Crippen LogP contribution in [0.25, 0.3) is 27.9 Å². The van der Waals surface area contributed by atoms with Gasteiger partial charge in [-0.3, -0.25) is 9.20 Å². The topological polar surface area (TPSA) is 90.0 Å². The van der Waals surface area contributed by atoms with Crippen LogP contribution in [0.4, 0.5) is 4.39 Å². The third kappa shape index (κ3) is 4.31. The van der Waals surface area contributed by atoms with Crippen LogP contribution in [0.5, 0.6) is 0 Å². The van der Waals surface area contributed by atoms with E-state index in [9.17, 15) is 9.18 Å². The third-order valence-electron chi connectivity index (χ3n) is 6.22. The smallest absolute Gasteiger partial charge is 0.252 e. The Balaban J connectivity index is 1.41. The molecule has 0 fully saturated rings. The normalized spacial score (nSPS) is 12.2. The molecule has 4 aromatic heterocycles. The molecule has 1 N–H and O–H groups in total. The molecule has 1 unspecified atom stereocenters. The highest BCUT2D eigenvalue weighted by Crippen LogP contribution is 2.26. The zero-order valence-corrected chi connectivity index (χ0v) is 19.9. The Bertz CT molecular complexity index is 1740. The molecular formula is C28H22FN7O. The maximum absolute atomic E-state index is 13.8. The van der Waals surface area contributed by atoms with Crippen molar-refractivity contribution in [3.63, 3.8) is 0 Å². The molecule has 37 heavy (non-hydrogen) atoms. The molecule has 0 saturated heterocycles. The summed E-state index contributed by atoms with van der Waals surface area (Å²) in [7, 11) is 0. The van der Waals surface area contributed by atoms with Crippen LogP contribution in [0.1, 0.15) is 34.7 Å². The van der Waals surface area contributed by atoms with Crippen molar-refractivity contribution in [3.8, 4) is 11.3 Å². The van der Waals surface area contributed by atoms with Crippen LogP contribution >= 0.6 is 0 Å². The average Bonchev–Trinajstić information content (AvgIpc) is 3.53. The molecule has 182 valence electrons. The molecule has 0 aliphatic rings. The van der Waals surface area contributed by atoms with Crippen molar-refractivity contribution in [2.75, 3.05) is 0 Å². The van der Waals surface area contributed by atoms with E-state index in [1.165, 1.54) is 12.1 Å². The Labute approximate surface area is 211 Å². The van der Waals surface area contributed by atoms with E-state index in [1.807, 2.05) is 72.1 Å². The van der Waals surface area contributed by atoms with Crippen LogP contribution in [0.15, 0.2) is 91.3 Å². The summed E-state index contributed by atoms with van der Waals surface area (Å²) in [5.74, 6) is 0.0244. The second-order valence-corrected chi connectivity index (χ2v) is 8.77. The van der Waals surface area contributed by atoms with Gasteiger partial charge in [-0.05, 0) is 42.8 Å². The fourth-order valence-electron chi connectivity index (χ4n) is 4.41. The van der Waals surface area contributed by atoms with Crippen molar-refractivity contribution in [3.05, 3.63) is 114 Å². The molecule has 6 aromatic rings. The number of rotatable bonds is 6. The summed E-state index contributed by atoms with van der Waals surface area (Å²) in [6.45, 7) is 2.18. The van der Waals surface area contributed by atoms with Gasteiger partial charge in [-0.1, -0.05) is 48.5 Å². The number of hydrogen-bond acceptors (Lipinski definition) is 5. The number of pyridine rings is 2. The zero-order chi connectivity index (χ0) is 25.4. The lowest BCUT2D eigenvalue weighted by Gasteiger charge is -2.14. The Hall–Kier alpha value is -4.92. The first-order valence-corrected chi connectivity index (χ1v) is 11.8. The molecule has 0 aliphatic heterocycles. The maximum Gasteiger partial charge on any atom is 0.252 e. The van der Waals surface area contributed by atoms with Gasteiger partial charge in [0.1, 0.15) is 5.82 Å². The number of nitrogens with one attached hydrogen (secondary N) is 1. The van der Waals surface area contributed by atoms with Crippen molar-refractivity contribution in [2.24, 2.45) is 0 Å². The van der Waals surface area contributed by atoms with E-state index in [0.29, 0.717) is 40.3 Å². The standard InChI is InChI=1S/C28H22FN7O/c1-18(26-34-33-25-12-5-6-13-35(25)26)31-28(37)22-15-24(20-9-3-2-4-10-20)32-27-23(22)16-30-36(27)17-19-8-7-11-21(29)14-19/h2-16,18H,17H2,1H3,(H,31,37). The third-order valence-corrected chi connectivity index (χ3v) is 6.22. The van der Waals surface area contributed by atoms with E-state index in [1.54, 1.807) is 23.0 Å². The van der Waals surface area contributed by atoms with E-state index in [-0.39, 0.29) is 11.7 Å². The molecule has 2 aromatic carbocycles. The summed E-state index contributed by atoms with van der Waals surface area (Å²) < 4.78 is 17.3. The minimum atomic E-state index is -0.407. The average molecular weight is 492 g/mol. The Kier molecular flexibility index (Phi) is 5.65. The summed E-state index contributed by atoms with van der Waals surface area (Å²) >= 11 is 0. The molecule has 4 heterocycles. The highest BCUT2D eigenvalue weighted by molar-refractivity contribution is 6.06. The zero-order valence-electron chi connectivity index (χ0n) is 19.9. The Morgan fingerprint density at radius 1 is 1.00 bits per heavy atom. The number of hydrogen-bond donors (Lipinski definition) is 1. The fourth-order valence-corrected chi connectivity index (χ4v) is 4.41. The lowest BCUT2D eigenvalue weighted by Crippen LogP contribution is -2.28.